The normalized spacial score (nSPS) is 15.4. The van der Waals surface area contributed by atoms with Crippen molar-refractivity contribution in [2.75, 3.05) is 5.32 Å². The average molecular weight is 335 g/mol. The SMILES string of the molecule is Cc1cnc2[nH]cc(-c3cccc(NC(=O)C4CCCCC4)n3)c2n1. The molecule has 0 atom stereocenters. The minimum Gasteiger partial charge on any atom is -0.344 e. The van der Waals surface area contributed by atoms with Crippen LogP contribution in [-0.2, 0) is 4.79 Å². The van der Waals surface area contributed by atoms with Gasteiger partial charge in [0.25, 0.3) is 0 Å². The van der Waals surface area contributed by atoms with E-state index in [9.17, 15) is 4.79 Å². The maximum absolute atomic E-state index is 12.4. The number of hydrogen-bond acceptors (Lipinski definition) is 4. The number of pyridine rings is 1. The van der Waals surface area contributed by atoms with E-state index in [4.69, 9.17) is 0 Å². The molecule has 0 aromatic carbocycles. The van der Waals surface area contributed by atoms with Gasteiger partial charge in [-0.25, -0.2) is 15.0 Å². The van der Waals surface area contributed by atoms with E-state index >= 15 is 0 Å². The molecule has 1 saturated carbocycles. The fraction of sp³-hybridized carbons (Fsp3) is 0.368. The molecule has 3 heterocycles. The van der Waals surface area contributed by atoms with Crippen LogP contribution in [0.5, 0.6) is 0 Å². The maximum Gasteiger partial charge on any atom is 0.228 e. The molecule has 6 nitrogen and oxygen atoms in total. The third-order valence-electron chi connectivity index (χ3n) is 4.75. The summed E-state index contributed by atoms with van der Waals surface area (Å²) in [6.07, 6.45) is 9.05. The summed E-state index contributed by atoms with van der Waals surface area (Å²) in [6, 6.07) is 5.65. The second-order valence-electron chi connectivity index (χ2n) is 6.64. The first kappa shape index (κ1) is 15.7. The van der Waals surface area contributed by atoms with Gasteiger partial charge in [-0.2, -0.15) is 0 Å². The maximum atomic E-state index is 12.4. The lowest BCUT2D eigenvalue weighted by atomic mass is 9.89. The molecule has 2 N–H and O–H groups in total. The van der Waals surface area contributed by atoms with Crippen molar-refractivity contribution in [3.63, 3.8) is 0 Å². The number of hydrogen-bond donors (Lipinski definition) is 2. The van der Waals surface area contributed by atoms with Crippen LogP contribution in [-0.4, -0.2) is 25.8 Å². The molecule has 0 bridgehead atoms. The lowest BCUT2D eigenvalue weighted by Gasteiger charge is -2.20. The molecule has 0 spiro atoms. The lowest BCUT2D eigenvalue weighted by molar-refractivity contribution is -0.120. The number of H-pyrrole nitrogens is 1. The van der Waals surface area contributed by atoms with E-state index in [0.29, 0.717) is 5.82 Å². The van der Waals surface area contributed by atoms with Crippen LogP contribution in [0.3, 0.4) is 0 Å². The molecule has 1 fully saturated rings. The summed E-state index contributed by atoms with van der Waals surface area (Å²) in [6.45, 7) is 1.91. The molecule has 25 heavy (non-hydrogen) atoms. The molecule has 0 radical (unpaired) electrons. The first-order valence-electron chi connectivity index (χ1n) is 8.80. The van der Waals surface area contributed by atoms with Crippen LogP contribution in [0, 0.1) is 12.8 Å². The van der Waals surface area contributed by atoms with Gasteiger partial charge in [-0.15, -0.1) is 0 Å². The second-order valence-corrected chi connectivity index (χ2v) is 6.64. The molecule has 6 heteroatoms. The Kier molecular flexibility index (Phi) is 4.17. The highest BCUT2D eigenvalue weighted by molar-refractivity contribution is 5.93. The molecule has 1 amide bonds. The van der Waals surface area contributed by atoms with Crippen molar-refractivity contribution in [1.82, 2.24) is 19.9 Å². The fourth-order valence-electron chi connectivity index (χ4n) is 3.42. The molecule has 4 rings (SSSR count). The van der Waals surface area contributed by atoms with Gasteiger partial charge in [-0.3, -0.25) is 4.79 Å². The van der Waals surface area contributed by atoms with E-state index in [1.54, 1.807) is 6.20 Å². The Hall–Kier alpha value is -2.76. The summed E-state index contributed by atoms with van der Waals surface area (Å²) in [4.78, 5) is 29.1. The molecule has 1 aliphatic rings. The standard InChI is InChI=1S/C19H21N5O/c1-12-10-20-18-17(22-12)14(11-21-18)15-8-5-9-16(23-15)24-19(25)13-6-3-2-4-7-13/h5,8-11,13H,2-4,6-7H2,1H3,(H,20,21)(H,23,24,25). The number of aromatic amines is 1. The third kappa shape index (κ3) is 3.24. The smallest absolute Gasteiger partial charge is 0.228 e. The minimum absolute atomic E-state index is 0.0823. The highest BCUT2D eigenvalue weighted by atomic mass is 16.1. The Balaban J connectivity index is 1.60. The summed E-state index contributed by atoms with van der Waals surface area (Å²) >= 11 is 0. The van der Waals surface area contributed by atoms with Gasteiger partial charge in [-0.1, -0.05) is 25.3 Å². The topological polar surface area (TPSA) is 83.6 Å². The van der Waals surface area contributed by atoms with Gasteiger partial charge >= 0.3 is 0 Å². The van der Waals surface area contributed by atoms with Crippen molar-refractivity contribution in [2.45, 2.75) is 39.0 Å². The van der Waals surface area contributed by atoms with Crippen molar-refractivity contribution in [1.29, 1.82) is 0 Å². The molecule has 128 valence electrons. The number of nitrogens with one attached hydrogen (secondary N) is 2. The summed E-state index contributed by atoms with van der Waals surface area (Å²) < 4.78 is 0. The summed E-state index contributed by atoms with van der Waals surface area (Å²) in [5.41, 5.74) is 4.05. The fourth-order valence-corrected chi connectivity index (χ4v) is 3.42. The van der Waals surface area contributed by atoms with Crippen molar-refractivity contribution in [2.24, 2.45) is 5.92 Å². The number of carbonyl (C=O) groups excluding carboxylic acids is 1. The quantitative estimate of drug-likeness (QED) is 0.761. The number of carbonyl (C=O) groups is 1. The van der Waals surface area contributed by atoms with Crippen LogP contribution in [0.4, 0.5) is 5.82 Å². The predicted molar refractivity (Wildman–Crippen MR) is 97.1 cm³/mol. The predicted octanol–water partition coefficient (Wildman–Crippen LogP) is 3.85. The van der Waals surface area contributed by atoms with E-state index in [1.807, 2.05) is 31.3 Å². The van der Waals surface area contributed by atoms with E-state index in [-0.39, 0.29) is 11.8 Å². The van der Waals surface area contributed by atoms with E-state index in [0.717, 1.165) is 53.8 Å². The van der Waals surface area contributed by atoms with E-state index in [2.05, 4.69) is 25.3 Å². The molecule has 0 unspecified atom stereocenters. The van der Waals surface area contributed by atoms with Crippen LogP contribution < -0.4 is 5.32 Å². The van der Waals surface area contributed by atoms with Gasteiger partial charge in [-0.05, 0) is 31.9 Å². The van der Waals surface area contributed by atoms with Crippen LogP contribution in [0.25, 0.3) is 22.4 Å². The van der Waals surface area contributed by atoms with Gasteiger partial charge in [0.05, 0.1) is 17.6 Å². The number of aryl methyl sites for hydroxylation is 1. The minimum atomic E-state index is 0.0823. The van der Waals surface area contributed by atoms with Gasteiger partial charge < -0.3 is 10.3 Å². The third-order valence-corrected chi connectivity index (χ3v) is 4.75. The molecule has 0 saturated heterocycles. The first-order chi connectivity index (χ1) is 12.2. The summed E-state index contributed by atoms with van der Waals surface area (Å²) in [5, 5.41) is 2.98. The van der Waals surface area contributed by atoms with Crippen molar-refractivity contribution in [3.8, 4) is 11.3 Å². The molecule has 3 aromatic rings. The number of nitrogens with zero attached hydrogens (tertiary/aromatic N) is 3. The first-order valence-corrected chi connectivity index (χ1v) is 8.80. The van der Waals surface area contributed by atoms with Crippen molar-refractivity contribution < 1.29 is 4.79 Å². The number of rotatable bonds is 3. The van der Waals surface area contributed by atoms with Crippen molar-refractivity contribution in [3.05, 3.63) is 36.3 Å². The zero-order chi connectivity index (χ0) is 17.2. The molecule has 0 aliphatic heterocycles. The highest BCUT2D eigenvalue weighted by Crippen LogP contribution is 2.27. The Morgan fingerprint density at radius 1 is 1.20 bits per heavy atom. The highest BCUT2D eigenvalue weighted by Gasteiger charge is 2.21. The summed E-state index contributed by atoms with van der Waals surface area (Å²) in [5.74, 6) is 0.780. The number of anilines is 1. The van der Waals surface area contributed by atoms with Crippen LogP contribution in [0.1, 0.15) is 37.8 Å². The number of aromatic nitrogens is 4. The number of amides is 1. The number of fused-ring (bicyclic) bond motifs is 1. The van der Waals surface area contributed by atoms with Crippen LogP contribution >= 0.6 is 0 Å². The van der Waals surface area contributed by atoms with Gasteiger partial charge in [0.1, 0.15) is 11.3 Å². The van der Waals surface area contributed by atoms with Crippen molar-refractivity contribution >= 4 is 22.9 Å². The second kappa shape index (κ2) is 6.63. The molecule has 1 aliphatic carbocycles. The molecule has 3 aromatic heterocycles. The van der Waals surface area contributed by atoms with Gasteiger partial charge in [0.2, 0.25) is 5.91 Å². The monoisotopic (exact) mass is 335 g/mol. The Morgan fingerprint density at radius 2 is 2.04 bits per heavy atom. The average Bonchev–Trinajstić information content (AvgIpc) is 3.05. The molecular formula is C19H21N5O. The lowest BCUT2D eigenvalue weighted by Crippen LogP contribution is -2.25. The largest absolute Gasteiger partial charge is 0.344 e. The zero-order valence-corrected chi connectivity index (χ0v) is 14.2. The Bertz CT molecular complexity index is 911. The Morgan fingerprint density at radius 3 is 2.88 bits per heavy atom. The van der Waals surface area contributed by atoms with E-state index < -0.39 is 0 Å². The van der Waals surface area contributed by atoms with Gasteiger partial charge in [0, 0.05) is 17.7 Å². The zero-order valence-electron chi connectivity index (χ0n) is 14.2. The Labute approximate surface area is 146 Å². The molecular weight excluding hydrogens is 314 g/mol. The summed E-state index contributed by atoms with van der Waals surface area (Å²) in [7, 11) is 0. The van der Waals surface area contributed by atoms with Crippen LogP contribution in [0.2, 0.25) is 0 Å². The van der Waals surface area contributed by atoms with Gasteiger partial charge in [0.15, 0.2) is 5.65 Å². The van der Waals surface area contributed by atoms with E-state index in [1.165, 1.54) is 6.42 Å². The van der Waals surface area contributed by atoms with Crippen LogP contribution in [0.15, 0.2) is 30.6 Å².